The van der Waals surface area contributed by atoms with Crippen LogP contribution in [0.3, 0.4) is 0 Å². The molecule has 1 saturated heterocycles. The first kappa shape index (κ1) is 16.8. The molecule has 1 rings (SSSR count). The smallest absolute Gasteiger partial charge is 0.348 e. The lowest BCUT2D eigenvalue weighted by atomic mass is 10.3. The van der Waals surface area contributed by atoms with Crippen molar-refractivity contribution in [2.45, 2.75) is 25.7 Å². The van der Waals surface area contributed by atoms with Crippen LogP contribution in [0, 0.1) is 0 Å². The summed E-state index contributed by atoms with van der Waals surface area (Å²) in [6.45, 7) is 5.65. The predicted octanol–water partition coefficient (Wildman–Crippen LogP) is 0.191. The van der Waals surface area contributed by atoms with Crippen LogP contribution in [-0.2, 0) is 19.9 Å². The number of quaternary nitrogens is 1. The fraction of sp³-hybridized carbons (Fsp3) is 1.00. The van der Waals surface area contributed by atoms with E-state index in [9.17, 15) is 0 Å². The minimum Gasteiger partial charge on any atom is -0.348 e. The Morgan fingerprint density at radius 3 is 1.94 bits per heavy atom. The summed E-state index contributed by atoms with van der Waals surface area (Å²) in [4.78, 5) is 0. The molecular formula is C9H22NO6S+. The number of likely N-dealkylation sites (N-methyl/N-ethyl adjacent to an activating group) is 1. The van der Waals surface area contributed by atoms with Gasteiger partial charge in [0.25, 0.3) is 0 Å². The molecule has 104 valence electrons. The Hall–Kier alpha value is -0.250. The van der Waals surface area contributed by atoms with E-state index in [4.69, 9.17) is 27.0 Å². The molecule has 7 nitrogen and oxygen atoms in total. The van der Waals surface area contributed by atoms with Crippen molar-refractivity contribution in [2.75, 3.05) is 34.3 Å². The SMILES string of the molecule is CC1(C)OCC(C[N+](C)(C)C)O1.O=S(=O)(O)O. The van der Waals surface area contributed by atoms with Crippen LogP contribution in [0.25, 0.3) is 0 Å². The Kier molecular flexibility index (Phi) is 5.51. The maximum Gasteiger partial charge on any atom is 0.394 e. The molecule has 0 radical (unpaired) electrons. The summed E-state index contributed by atoms with van der Waals surface area (Å²) in [5.74, 6) is -0.375. The topological polar surface area (TPSA) is 93.1 Å². The minimum absolute atomic E-state index is 0.250. The summed E-state index contributed by atoms with van der Waals surface area (Å²) in [6.07, 6.45) is 0.250. The summed E-state index contributed by atoms with van der Waals surface area (Å²) < 4.78 is 43.7. The van der Waals surface area contributed by atoms with Crippen molar-refractivity contribution < 1.29 is 31.5 Å². The van der Waals surface area contributed by atoms with Gasteiger partial charge in [-0.1, -0.05) is 0 Å². The molecule has 1 unspecified atom stereocenters. The first-order valence-corrected chi connectivity index (χ1v) is 6.50. The van der Waals surface area contributed by atoms with Crippen LogP contribution in [0.2, 0.25) is 0 Å². The van der Waals surface area contributed by atoms with Gasteiger partial charge in [0.05, 0.1) is 27.7 Å². The van der Waals surface area contributed by atoms with E-state index in [2.05, 4.69) is 21.1 Å². The first-order chi connectivity index (χ1) is 7.29. The lowest BCUT2D eigenvalue weighted by molar-refractivity contribution is -0.873. The lowest BCUT2D eigenvalue weighted by Gasteiger charge is -2.27. The summed E-state index contributed by atoms with van der Waals surface area (Å²) >= 11 is 0. The molecule has 0 aromatic carbocycles. The monoisotopic (exact) mass is 272 g/mol. The molecule has 1 fully saturated rings. The highest BCUT2D eigenvalue weighted by atomic mass is 32.3. The van der Waals surface area contributed by atoms with Gasteiger partial charge >= 0.3 is 10.4 Å². The fourth-order valence-electron chi connectivity index (χ4n) is 1.46. The Balaban J connectivity index is 0.000000437. The average molecular weight is 272 g/mol. The standard InChI is InChI=1S/C9H20NO2.H2O4S/c1-9(2)11-7-8(12-9)6-10(3,4)5;1-5(2,3)4/h8H,6-7H2,1-5H3;(H2,1,2,3,4)/q+1;. The van der Waals surface area contributed by atoms with Gasteiger partial charge in [-0.2, -0.15) is 8.42 Å². The second-order valence-corrected chi connectivity index (χ2v) is 6.27. The van der Waals surface area contributed by atoms with Gasteiger partial charge in [-0.15, -0.1) is 0 Å². The van der Waals surface area contributed by atoms with E-state index < -0.39 is 10.4 Å². The zero-order chi connectivity index (χ0) is 13.9. The molecule has 0 aliphatic carbocycles. The molecule has 1 aliphatic rings. The molecule has 0 aromatic rings. The molecule has 0 saturated carbocycles. The van der Waals surface area contributed by atoms with Gasteiger partial charge in [0, 0.05) is 0 Å². The Labute approximate surface area is 102 Å². The van der Waals surface area contributed by atoms with Gasteiger partial charge in [-0.3, -0.25) is 9.11 Å². The van der Waals surface area contributed by atoms with Gasteiger partial charge in [-0.25, -0.2) is 0 Å². The van der Waals surface area contributed by atoms with Crippen molar-refractivity contribution in [1.82, 2.24) is 0 Å². The van der Waals surface area contributed by atoms with Crippen molar-refractivity contribution >= 4 is 10.4 Å². The normalized spacial score (nSPS) is 24.1. The Bertz CT molecular complexity index is 324. The van der Waals surface area contributed by atoms with E-state index in [1.807, 2.05) is 13.8 Å². The van der Waals surface area contributed by atoms with Crippen LogP contribution in [0.4, 0.5) is 0 Å². The second-order valence-electron chi connectivity index (χ2n) is 5.37. The van der Waals surface area contributed by atoms with Gasteiger partial charge < -0.3 is 14.0 Å². The van der Waals surface area contributed by atoms with Crippen molar-refractivity contribution in [3.63, 3.8) is 0 Å². The summed E-state index contributed by atoms with van der Waals surface area (Å²) in [5, 5.41) is 0. The van der Waals surface area contributed by atoms with Crippen molar-refractivity contribution in [3.05, 3.63) is 0 Å². The maximum atomic E-state index is 8.74. The van der Waals surface area contributed by atoms with Crippen LogP contribution >= 0.6 is 0 Å². The van der Waals surface area contributed by atoms with E-state index >= 15 is 0 Å². The summed E-state index contributed by atoms with van der Waals surface area (Å²) in [6, 6.07) is 0. The average Bonchev–Trinajstić information content (AvgIpc) is 2.21. The molecule has 8 heteroatoms. The zero-order valence-corrected chi connectivity index (χ0v) is 11.7. The Morgan fingerprint density at radius 1 is 1.29 bits per heavy atom. The molecule has 0 bridgehead atoms. The lowest BCUT2D eigenvalue weighted by Crippen LogP contribution is -2.42. The van der Waals surface area contributed by atoms with Crippen LogP contribution in [-0.4, -0.2) is 68.2 Å². The molecular weight excluding hydrogens is 250 g/mol. The minimum atomic E-state index is -4.67. The molecule has 0 amide bonds. The summed E-state index contributed by atoms with van der Waals surface area (Å²) in [7, 11) is 1.82. The van der Waals surface area contributed by atoms with Crippen LogP contribution in [0.5, 0.6) is 0 Å². The highest BCUT2D eigenvalue weighted by Gasteiger charge is 2.35. The van der Waals surface area contributed by atoms with Crippen LogP contribution in [0.1, 0.15) is 13.8 Å². The summed E-state index contributed by atoms with van der Waals surface area (Å²) in [5.41, 5.74) is 0. The zero-order valence-electron chi connectivity index (χ0n) is 10.9. The van der Waals surface area contributed by atoms with Crippen LogP contribution < -0.4 is 0 Å². The van der Waals surface area contributed by atoms with E-state index in [1.165, 1.54) is 0 Å². The van der Waals surface area contributed by atoms with Gasteiger partial charge in [-0.05, 0) is 13.8 Å². The first-order valence-electron chi connectivity index (χ1n) is 5.11. The van der Waals surface area contributed by atoms with Crippen LogP contribution in [0.15, 0.2) is 0 Å². The van der Waals surface area contributed by atoms with Crippen molar-refractivity contribution in [2.24, 2.45) is 0 Å². The van der Waals surface area contributed by atoms with E-state index in [0.29, 0.717) is 0 Å². The molecule has 17 heavy (non-hydrogen) atoms. The van der Waals surface area contributed by atoms with E-state index in [-0.39, 0.29) is 11.9 Å². The van der Waals surface area contributed by atoms with E-state index in [0.717, 1.165) is 17.6 Å². The number of hydrogen-bond donors (Lipinski definition) is 2. The van der Waals surface area contributed by atoms with Crippen molar-refractivity contribution in [3.8, 4) is 0 Å². The number of ether oxygens (including phenoxy) is 2. The molecule has 0 aromatic heterocycles. The molecule has 1 atom stereocenters. The molecule has 2 N–H and O–H groups in total. The third-order valence-corrected chi connectivity index (χ3v) is 1.82. The predicted molar refractivity (Wildman–Crippen MR) is 62.0 cm³/mol. The maximum absolute atomic E-state index is 8.74. The van der Waals surface area contributed by atoms with Crippen molar-refractivity contribution in [1.29, 1.82) is 0 Å². The highest BCUT2D eigenvalue weighted by molar-refractivity contribution is 7.79. The van der Waals surface area contributed by atoms with Gasteiger partial charge in [0.1, 0.15) is 12.6 Å². The third kappa shape index (κ3) is 12.0. The second kappa shape index (κ2) is 5.59. The number of hydrogen-bond acceptors (Lipinski definition) is 4. The third-order valence-electron chi connectivity index (χ3n) is 1.82. The number of rotatable bonds is 2. The molecule has 1 heterocycles. The highest BCUT2D eigenvalue weighted by Crippen LogP contribution is 2.23. The molecule has 0 spiro atoms. The van der Waals surface area contributed by atoms with Gasteiger partial charge in [0.2, 0.25) is 0 Å². The Morgan fingerprint density at radius 2 is 1.71 bits per heavy atom. The molecule has 1 aliphatic heterocycles. The van der Waals surface area contributed by atoms with Gasteiger partial charge in [0.15, 0.2) is 5.79 Å². The number of nitrogens with zero attached hydrogens (tertiary/aromatic N) is 1. The van der Waals surface area contributed by atoms with E-state index in [1.54, 1.807) is 0 Å². The largest absolute Gasteiger partial charge is 0.394 e. The quantitative estimate of drug-likeness (QED) is 0.550. The fourth-order valence-corrected chi connectivity index (χ4v) is 1.46.